The molecule has 1 saturated heterocycles. The van der Waals surface area contributed by atoms with E-state index in [1.54, 1.807) is 24.3 Å². The van der Waals surface area contributed by atoms with Crippen LogP contribution in [-0.4, -0.2) is 26.3 Å². The van der Waals surface area contributed by atoms with Crippen molar-refractivity contribution in [2.45, 2.75) is 6.54 Å². The van der Waals surface area contributed by atoms with E-state index in [-0.39, 0.29) is 5.82 Å². The standard InChI is InChI=1S/C21H20ClFN2O2/c22-18-13-15(5-7-20(18)25-9-11-26-12-10-25)24-14-16-6-8-21(27-16)17-3-1-2-4-19(17)23/h1-8,13,24H,9-12,14H2. The first-order valence-corrected chi connectivity index (χ1v) is 9.28. The molecule has 3 aromatic rings. The van der Waals surface area contributed by atoms with E-state index in [9.17, 15) is 4.39 Å². The van der Waals surface area contributed by atoms with E-state index in [0.29, 0.717) is 22.9 Å². The van der Waals surface area contributed by atoms with Gasteiger partial charge in [-0.05, 0) is 42.5 Å². The molecule has 0 spiro atoms. The highest BCUT2D eigenvalue weighted by atomic mass is 35.5. The number of morpholine rings is 1. The van der Waals surface area contributed by atoms with E-state index in [4.69, 9.17) is 20.8 Å². The minimum Gasteiger partial charge on any atom is -0.459 e. The van der Waals surface area contributed by atoms with E-state index >= 15 is 0 Å². The van der Waals surface area contributed by atoms with E-state index < -0.39 is 0 Å². The number of benzene rings is 2. The number of anilines is 2. The van der Waals surface area contributed by atoms with Crippen molar-refractivity contribution in [1.29, 1.82) is 0 Å². The maximum atomic E-state index is 13.9. The Balaban J connectivity index is 1.42. The summed E-state index contributed by atoms with van der Waals surface area (Å²) in [4.78, 5) is 2.23. The predicted molar refractivity (Wildman–Crippen MR) is 106 cm³/mol. The van der Waals surface area contributed by atoms with Crippen molar-refractivity contribution < 1.29 is 13.5 Å². The van der Waals surface area contributed by atoms with Gasteiger partial charge in [-0.15, -0.1) is 0 Å². The van der Waals surface area contributed by atoms with Crippen molar-refractivity contribution in [2.75, 3.05) is 36.5 Å². The summed E-state index contributed by atoms with van der Waals surface area (Å²) in [5, 5.41) is 4.00. The molecule has 0 atom stereocenters. The number of nitrogens with zero attached hydrogens (tertiary/aromatic N) is 1. The smallest absolute Gasteiger partial charge is 0.137 e. The van der Waals surface area contributed by atoms with Crippen molar-refractivity contribution in [2.24, 2.45) is 0 Å². The molecule has 0 radical (unpaired) electrons. The maximum absolute atomic E-state index is 13.9. The zero-order chi connectivity index (χ0) is 18.6. The second-order valence-corrected chi connectivity index (χ2v) is 6.77. The average molecular weight is 387 g/mol. The zero-order valence-corrected chi connectivity index (χ0v) is 15.5. The molecular formula is C21H20ClFN2O2. The van der Waals surface area contributed by atoms with E-state index in [0.717, 1.165) is 43.4 Å². The molecule has 1 aromatic heterocycles. The van der Waals surface area contributed by atoms with Crippen LogP contribution >= 0.6 is 11.6 Å². The number of hydrogen-bond acceptors (Lipinski definition) is 4. The topological polar surface area (TPSA) is 37.6 Å². The Bertz CT molecular complexity index is 922. The minimum absolute atomic E-state index is 0.295. The number of nitrogens with one attached hydrogen (secondary N) is 1. The Hall–Kier alpha value is -2.50. The maximum Gasteiger partial charge on any atom is 0.137 e. The molecule has 1 aliphatic heterocycles. The van der Waals surface area contributed by atoms with E-state index in [1.807, 2.05) is 24.3 Å². The molecule has 0 bridgehead atoms. The SMILES string of the molecule is Fc1ccccc1-c1ccc(CNc2ccc(N3CCOCC3)c(Cl)c2)o1. The van der Waals surface area contributed by atoms with Gasteiger partial charge in [-0.1, -0.05) is 23.7 Å². The Morgan fingerprint density at radius 2 is 1.85 bits per heavy atom. The second-order valence-electron chi connectivity index (χ2n) is 6.36. The summed E-state index contributed by atoms with van der Waals surface area (Å²) in [5.41, 5.74) is 2.38. The van der Waals surface area contributed by atoms with Crippen molar-refractivity contribution >= 4 is 23.0 Å². The van der Waals surface area contributed by atoms with Crippen molar-refractivity contribution in [1.82, 2.24) is 0 Å². The fraction of sp³-hybridized carbons (Fsp3) is 0.238. The quantitative estimate of drug-likeness (QED) is 0.655. The van der Waals surface area contributed by atoms with Crippen molar-refractivity contribution in [3.63, 3.8) is 0 Å². The van der Waals surface area contributed by atoms with Gasteiger partial charge in [0.2, 0.25) is 0 Å². The molecule has 1 aliphatic rings. The Labute approximate surface area is 162 Å². The summed E-state index contributed by atoms with van der Waals surface area (Å²) >= 11 is 6.46. The van der Waals surface area contributed by atoms with Crippen LogP contribution in [0.1, 0.15) is 5.76 Å². The first-order valence-electron chi connectivity index (χ1n) is 8.90. The zero-order valence-electron chi connectivity index (χ0n) is 14.8. The van der Waals surface area contributed by atoms with Crippen LogP contribution in [0.3, 0.4) is 0 Å². The van der Waals surface area contributed by atoms with Gasteiger partial charge in [-0.3, -0.25) is 0 Å². The van der Waals surface area contributed by atoms with Gasteiger partial charge in [0.25, 0.3) is 0 Å². The second kappa shape index (κ2) is 8.03. The predicted octanol–water partition coefficient (Wildman–Crippen LogP) is 5.19. The largest absolute Gasteiger partial charge is 0.459 e. The average Bonchev–Trinajstić information content (AvgIpc) is 3.16. The molecule has 2 aromatic carbocycles. The Morgan fingerprint density at radius 3 is 2.63 bits per heavy atom. The molecule has 2 heterocycles. The van der Waals surface area contributed by atoms with E-state index in [1.165, 1.54) is 6.07 Å². The van der Waals surface area contributed by atoms with Crippen LogP contribution in [0.4, 0.5) is 15.8 Å². The van der Waals surface area contributed by atoms with Crippen LogP contribution in [0.25, 0.3) is 11.3 Å². The van der Waals surface area contributed by atoms with Crippen LogP contribution in [0.2, 0.25) is 5.02 Å². The first kappa shape index (κ1) is 17.9. The number of hydrogen-bond donors (Lipinski definition) is 1. The van der Waals surface area contributed by atoms with Gasteiger partial charge in [0, 0.05) is 18.8 Å². The number of halogens is 2. The highest BCUT2D eigenvalue weighted by Crippen LogP contribution is 2.30. The lowest BCUT2D eigenvalue weighted by Gasteiger charge is -2.29. The molecule has 0 amide bonds. The minimum atomic E-state index is -0.295. The monoisotopic (exact) mass is 386 g/mol. The third-order valence-corrected chi connectivity index (χ3v) is 4.87. The molecule has 0 unspecified atom stereocenters. The summed E-state index contributed by atoms with van der Waals surface area (Å²) in [7, 11) is 0. The number of rotatable bonds is 5. The summed E-state index contributed by atoms with van der Waals surface area (Å²) in [5.74, 6) is 0.948. The molecular weight excluding hydrogens is 367 g/mol. The Morgan fingerprint density at radius 1 is 1.04 bits per heavy atom. The van der Waals surface area contributed by atoms with Gasteiger partial charge < -0.3 is 19.4 Å². The normalized spacial score (nSPS) is 14.4. The molecule has 1 N–H and O–H groups in total. The van der Waals surface area contributed by atoms with Gasteiger partial charge in [0.15, 0.2) is 0 Å². The fourth-order valence-electron chi connectivity index (χ4n) is 3.15. The molecule has 27 heavy (non-hydrogen) atoms. The van der Waals surface area contributed by atoms with Gasteiger partial charge >= 0.3 is 0 Å². The summed E-state index contributed by atoms with van der Waals surface area (Å²) in [6.07, 6.45) is 0. The van der Waals surface area contributed by atoms with Crippen LogP contribution in [0.5, 0.6) is 0 Å². The number of furan rings is 1. The summed E-state index contributed by atoms with van der Waals surface area (Å²) in [6.45, 7) is 3.62. The molecule has 4 nitrogen and oxygen atoms in total. The highest BCUT2D eigenvalue weighted by molar-refractivity contribution is 6.33. The fourth-order valence-corrected chi connectivity index (χ4v) is 3.45. The Kier molecular flexibility index (Phi) is 5.32. The van der Waals surface area contributed by atoms with Crippen LogP contribution in [0, 0.1) is 5.82 Å². The van der Waals surface area contributed by atoms with Gasteiger partial charge in [-0.25, -0.2) is 4.39 Å². The van der Waals surface area contributed by atoms with Crippen molar-refractivity contribution in [3.05, 3.63) is 71.2 Å². The molecule has 4 rings (SSSR count). The molecule has 0 aliphatic carbocycles. The lowest BCUT2D eigenvalue weighted by Crippen LogP contribution is -2.36. The van der Waals surface area contributed by atoms with E-state index in [2.05, 4.69) is 10.2 Å². The highest BCUT2D eigenvalue weighted by Gasteiger charge is 2.14. The van der Waals surface area contributed by atoms with Crippen LogP contribution in [0.15, 0.2) is 59.0 Å². The summed E-state index contributed by atoms with van der Waals surface area (Å²) in [6, 6.07) is 16.1. The molecule has 140 valence electrons. The third-order valence-electron chi connectivity index (χ3n) is 4.57. The van der Waals surface area contributed by atoms with Crippen LogP contribution in [-0.2, 0) is 11.3 Å². The van der Waals surface area contributed by atoms with Gasteiger partial charge in [0.05, 0.1) is 36.0 Å². The molecule has 1 fully saturated rings. The van der Waals surface area contributed by atoms with Crippen LogP contribution < -0.4 is 10.2 Å². The molecule has 0 saturated carbocycles. The third kappa shape index (κ3) is 4.10. The first-order chi connectivity index (χ1) is 13.2. The lowest BCUT2D eigenvalue weighted by atomic mass is 10.1. The summed E-state index contributed by atoms with van der Waals surface area (Å²) < 4.78 is 25.0. The molecule has 6 heteroatoms. The number of ether oxygens (including phenoxy) is 1. The van der Waals surface area contributed by atoms with Gasteiger partial charge in [-0.2, -0.15) is 0 Å². The van der Waals surface area contributed by atoms with Gasteiger partial charge in [0.1, 0.15) is 17.3 Å². The lowest BCUT2D eigenvalue weighted by molar-refractivity contribution is 0.122. The van der Waals surface area contributed by atoms with Crippen molar-refractivity contribution in [3.8, 4) is 11.3 Å².